The van der Waals surface area contributed by atoms with Crippen molar-refractivity contribution in [1.29, 1.82) is 0 Å². The van der Waals surface area contributed by atoms with E-state index >= 15 is 0 Å². The molecule has 0 atom stereocenters. The quantitative estimate of drug-likeness (QED) is 0.546. The molecule has 122 valence electrons. The van der Waals surface area contributed by atoms with Crippen LogP contribution in [-0.4, -0.2) is 23.3 Å². The van der Waals surface area contributed by atoms with E-state index in [2.05, 4.69) is 59.4 Å². The second kappa shape index (κ2) is 11.2. The van der Waals surface area contributed by atoms with Crippen LogP contribution in [0.5, 0.6) is 0 Å². The second-order valence-corrected chi connectivity index (χ2v) is 5.86. The van der Waals surface area contributed by atoms with Gasteiger partial charge in [-0.1, -0.05) is 38.1 Å². The molecule has 0 heterocycles. The summed E-state index contributed by atoms with van der Waals surface area (Å²) in [5.74, 6) is 0. The lowest BCUT2D eigenvalue weighted by atomic mass is 10.1. The fraction of sp³-hybridized carbons (Fsp3) is 0.500. The summed E-state index contributed by atoms with van der Waals surface area (Å²) in [7, 11) is 0. The second-order valence-electron chi connectivity index (χ2n) is 5.04. The largest absolute Gasteiger partial charge is 0.363 e. The summed E-state index contributed by atoms with van der Waals surface area (Å²) in [5.41, 5.74) is 2.40. The van der Waals surface area contributed by atoms with Crippen LogP contribution in [0.4, 0.5) is 0 Å². The van der Waals surface area contributed by atoms with Crippen LogP contribution in [0.2, 0.25) is 0 Å². The van der Waals surface area contributed by atoms with Gasteiger partial charge in [0.05, 0.1) is 0 Å². The van der Waals surface area contributed by atoms with Crippen molar-refractivity contribution in [3.8, 4) is 0 Å². The molecule has 0 aliphatic heterocycles. The smallest absolute Gasteiger partial charge is 0.166 e. The zero-order chi connectivity index (χ0) is 16.2. The van der Waals surface area contributed by atoms with E-state index in [-0.39, 0.29) is 0 Å². The number of hydrogen-bond donors (Lipinski definition) is 4. The number of rotatable bonds is 8. The van der Waals surface area contributed by atoms with Crippen molar-refractivity contribution in [1.82, 2.24) is 21.3 Å². The van der Waals surface area contributed by atoms with E-state index in [4.69, 9.17) is 24.4 Å². The first-order chi connectivity index (χ1) is 10.7. The number of benzene rings is 1. The maximum absolute atomic E-state index is 5.22. The van der Waals surface area contributed by atoms with Crippen LogP contribution in [0.15, 0.2) is 24.3 Å². The van der Waals surface area contributed by atoms with Crippen LogP contribution in [0.3, 0.4) is 0 Å². The van der Waals surface area contributed by atoms with Gasteiger partial charge >= 0.3 is 0 Å². The highest BCUT2D eigenvalue weighted by molar-refractivity contribution is 7.80. The lowest BCUT2D eigenvalue weighted by molar-refractivity contribution is 0.792. The fourth-order valence-electron chi connectivity index (χ4n) is 1.82. The van der Waals surface area contributed by atoms with Gasteiger partial charge < -0.3 is 21.3 Å². The van der Waals surface area contributed by atoms with Gasteiger partial charge in [0.1, 0.15) is 0 Å². The van der Waals surface area contributed by atoms with Crippen LogP contribution in [0, 0.1) is 0 Å². The molecule has 0 aliphatic rings. The molecule has 6 heteroatoms. The number of thiocarbonyl (C=S) groups is 2. The van der Waals surface area contributed by atoms with Gasteiger partial charge in [0.25, 0.3) is 0 Å². The summed E-state index contributed by atoms with van der Waals surface area (Å²) in [6, 6.07) is 8.39. The highest BCUT2D eigenvalue weighted by atomic mass is 32.1. The Balaban J connectivity index is 2.38. The Morgan fingerprint density at radius 3 is 1.68 bits per heavy atom. The Morgan fingerprint density at radius 2 is 1.27 bits per heavy atom. The Hall–Kier alpha value is -1.40. The first-order valence-electron chi connectivity index (χ1n) is 7.77. The summed E-state index contributed by atoms with van der Waals surface area (Å²) in [4.78, 5) is 0. The summed E-state index contributed by atoms with van der Waals surface area (Å²) in [5, 5.41) is 14.2. The van der Waals surface area contributed by atoms with Crippen molar-refractivity contribution in [2.45, 2.75) is 39.8 Å². The molecule has 0 aliphatic carbocycles. The minimum atomic E-state index is 0.704. The van der Waals surface area contributed by atoms with Gasteiger partial charge in [-0.3, -0.25) is 0 Å². The van der Waals surface area contributed by atoms with E-state index in [0.29, 0.717) is 10.2 Å². The predicted octanol–water partition coefficient (Wildman–Crippen LogP) is 2.43. The van der Waals surface area contributed by atoms with Crippen molar-refractivity contribution in [3.63, 3.8) is 0 Å². The summed E-state index contributed by atoms with van der Waals surface area (Å²) in [6.45, 7) is 7.48. The van der Waals surface area contributed by atoms with Crippen molar-refractivity contribution in [2.75, 3.05) is 13.1 Å². The van der Waals surface area contributed by atoms with Gasteiger partial charge in [-0.15, -0.1) is 0 Å². The minimum absolute atomic E-state index is 0.704. The van der Waals surface area contributed by atoms with Gasteiger partial charge in [-0.25, -0.2) is 0 Å². The SMILES string of the molecule is CCCNC(=S)NCc1cccc(CNC(=S)NCCC)c1. The van der Waals surface area contributed by atoms with Gasteiger partial charge in [0.2, 0.25) is 0 Å². The normalized spacial score (nSPS) is 9.91. The van der Waals surface area contributed by atoms with Crippen molar-refractivity contribution in [3.05, 3.63) is 35.4 Å². The van der Waals surface area contributed by atoms with Crippen LogP contribution in [0.25, 0.3) is 0 Å². The molecule has 0 saturated heterocycles. The third-order valence-electron chi connectivity index (χ3n) is 2.97. The molecular weight excluding hydrogens is 312 g/mol. The van der Waals surface area contributed by atoms with Gasteiger partial charge in [-0.05, 0) is 48.4 Å². The maximum Gasteiger partial charge on any atom is 0.166 e. The number of hydrogen-bond acceptors (Lipinski definition) is 2. The third kappa shape index (κ3) is 8.14. The van der Waals surface area contributed by atoms with Gasteiger partial charge in [0.15, 0.2) is 10.2 Å². The molecular formula is C16H26N4S2. The van der Waals surface area contributed by atoms with E-state index in [9.17, 15) is 0 Å². The van der Waals surface area contributed by atoms with E-state index in [0.717, 1.165) is 39.0 Å². The highest BCUT2D eigenvalue weighted by Crippen LogP contribution is 2.05. The topological polar surface area (TPSA) is 48.1 Å². The first-order valence-corrected chi connectivity index (χ1v) is 8.58. The molecule has 0 spiro atoms. The predicted molar refractivity (Wildman–Crippen MR) is 102 cm³/mol. The third-order valence-corrected chi connectivity index (χ3v) is 3.55. The van der Waals surface area contributed by atoms with E-state index in [1.807, 2.05) is 0 Å². The molecule has 0 unspecified atom stereocenters. The average Bonchev–Trinajstić information content (AvgIpc) is 2.54. The van der Waals surface area contributed by atoms with Crippen molar-refractivity contribution >= 4 is 34.7 Å². The van der Waals surface area contributed by atoms with Gasteiger partial charge in [0, 0.05) is 26.2 Å². The molecule has 4 N–H and O–H groups in total. The van der Waals surface area contributed by atoms with Crippen LogP contribution in [-0.2, 0) is 13.1 Å². The first kappa shape index (κ1) is 18.6. The van der Waals surface area contributed by atoms with Crippen LogP contribution >= 0.6 is 24.4 Å². The molecule has 1 rings (SSSR count). The maximum atomic E-state index is 5.22. The van der Waals surface area contributed by atoms with E-state index < -0.39 is 0 Å². The summed E-state index contributed by atoms with van der Waals surface area (Å²) < 4.78 is 0. The van der Waals surface area contributed by atoms with Gasteiger partial charge in [-0.2, -0.15) is 0 Å². The van der Waals surface area contributed by atoms with E-state index in [1.54, 1.807) is 0 Å². The molecule has 0 bridgehead atoms. The summed E-state index contributed by atoms with van der Waals surface area (Å²) >= 11 is 10.4. The standard InChI is InChI=1S/C16H26N4S2/c1-3-8-17-15(21)19-11-13-6-5-7-14(10-13)12-20-16(22)18-9-4-2/h5-7,10H,3-4,8-9,11-12H2,1-2H3,(H2,17,19,21)(H2,18,20,22). The zero-order valence-electron chi connectivity index (χ0n) is 13.4. The van der Waals surface area contributed by atoms with Crippen LogP contribution < -0.4 is 21.3 Å². The Labute approximate surface area is 144 Å². The average molecular weight is 339 g/mol. The molecule has 4 nitrogen and oxygen atoms in total. The molecule has 0 aromatic heterocycles. The lowest BCUT2D eigenvalue weighted by Gasteiger charge is -2.12. The summed E-state index contributed by atoms with van der Waals surface area (Å²) in [6.07, 6.45) is 2.13. The molecule has 0 radical (unpaired) electrons. The highest BCUT2D eigenvalue weighted by Gasteiger charge is 1.99. The van der Waals surface area contributed by atoms with Crippen LogP contribution in [0.1, 0.15) is 37.8 Å². The Kier molecular flexibility index (Phi) is 9.50. The molecule has 0 amide bonds. The molecule has 1 aromatic carbocycles. The lowest BCUT2D eigenvalue weighted by Crippen LogP contribution is -2.35. The molecule has 0 fully saturated rings. The minimum Gasteiger partial charge on any atom is -0.363 e. The Morgan fingerprint density at radius 1 is 0.818 bits per heavy atom. The Bertz CT molecular complexity index is 438. The fourth-order valence-corrected chi connectivity index (χ4v) is 2.16. The van der Waals surface area contributed by atoms with Crippen molar-refractivity contribution < 1.29 is 0 Å². The van der Waals surface area contributed by atoms with E-state index in [1.165, 1.54) is 11.1 Å². The molecule has 1 aromatic rings. The van der Waals surface area contributed by atoms with Crippen molar-refractivity contribution in [2.24, 2.45) is 0 Å². The number of nitrogens with one attached hydrogen (secondary N) is 4. The monoisotopic (exact) mass is 338 g/mol. The zero-order valence-corrected chi connectivity index (χ0v) is 15.0. The molecule has 0 saturated carbocycles. The molecule has 22 heavy (non-hydrogen) atoms.